The van der Waals surface area contributed by atoms with Crippen LogP contribution in [0.15, 0.2) is 48.0 Å². The molecule has 0 atom stereocenters. The van der Waals surface area contributed by atoms with Crippen molar-refractivity contribution in [1.82, 2.24) is 15.3 Å². The van der Waals surface area contributed by atoms with E-state index in [9.17, 15) is 4.79 Å². The number of rotatable bonds is 6. The molecule has 0 saturated carbocycles. The molecule has 29 heavy (non-hydrogen) atoms. The molecule has 1 aliphatic heterocycles. The summed E-state index contributed by atoms with van der Waals surface area (Å²) >= 11 is 1.43. The molecule has 4 rings (SSSR count). The Morgan fingerprint density at radius 1 is 1.28 bits per heavy atom. The SMILES string of the molecule is COc1cccc(CNC(=O)c2csc(-c3ccc(N4CCOCC4)nc3)n2)c1. The molecular formula is C21H22N4O3S. The maximum Gasteiger partial charge on any atom is 0.271 e. The van der Waals surface area contributed by atoms with E-state index in [4.69, 9.17) is 9.47 Å². The molecule has 0 spiro atoms. The number of hydrogen-bond acceptors (Lipinski definition) is 7. The predicted octanol–water partition coefficient (Wildman–Crippen LogP) is 2.98. The third-order valence-electron chi connectivity index (χ3n) is 4.65. The first-order valence-corrected chi connectivity index (χ1v) is 10.3. The maximum absolute atomic E-state index is 12.4. The monoisotopic (exact) mass is 410 g/mol. The topological polar surface area (TPSA) is 76.6 Å². The molecule has 3 aromatic rings. The minimum Gasteiger partial charge on any atom is -0.497 e. The van der Waals surface area contributed by atoms with E-state index in [1.54, 1.807) is 12.5 Å². The van der Waals surface area contributed by atoms with Gasteiger partial charge in [0.1, 0.15) is 22.3 Å². The summed E-state index contributed by atoms with van der Waals surface area (Å²) in [5.41, 5.74) is 2.28. The second kappa shape index (κ2) is 9.02. The Balaban J connectivity index is 1.38. The van der Waals surface area contributed by atoms with Gasteiger partial charge in [-0.15, -0.1) is 11.3 Å². The van der Waals surface area contributed by atoms with Gasteiger partial charge in [-0.1, -0.05) is 12.1 Å². The lowest BCUT2D eigenvalue weighted by atomic mass is 10.2. The van der Waals surface area contributed by atoms with E-state index in [1.807, 2.05) is 42.6 Å². The third-order valence-corrected chi connectivity index (χ3v) is 5.55. The molecule has 1 fully saturated rings. The number of hydrogen-bond donors (Lipinski definition) is 1. The van der Waals surface area contributed by atoms with Gasteiger partial charge in [-0.2, -0.15) is 0 Å². The van der Waals surface area contributed by atoms with Crippen LogP contribution in [0.1, 0.15) is 16.1 Å². The van der Waals surface area contributed by atoms with E-state index in [-0.39, 0.29) is 5.91 Å². The minimum absolute atomic E-state index is 0.201. The van der Waals surface area contributed by atoms with Crippen LogP contribution in [0.3, 0.4) is 0 Å². The molecule has 2 aromatic heterocycles. The zero-order valence-electron chi connectivity index (χ0n) is 16.1. The average molecular weight is 410 g/mol. The molecule has 1 aromatic carbocycles. The van der Waals surface area contributed by atoms with Crippen molar-refractivity contribution in [2.75, 3.05) is 38.3 Å². The van der Waals surface area contributed by atoms with Crippen LogP contribution in [-0.4, -0.2) is 49.3 Å². The Morgan fingerprint density at radius 2 is 2.14 bits per heavy atom. The van der Waals surface area contributed by atoms with Crippen molar-refractivity contribution >= 4 is 23.1 Å². The number of nitrogens with zero attached hydrogens (tertiary/aromatic N) is 3. The number of benzene rings is 1. The smallest absolute Gasteiger partial charge is 0.271 e. The summed E-state index contributed by atoms with van der Waals surface area (Å²) in [4.78, 5) is 23.7. The number of thiazole rings is 1. The van der Waals surface area contributed by atoms with E-state index >= 15 is 0 Å². The predicted molar refractivity (Wildman–Crippen MR) is 113 cm³/mol. The lowest BCUT2D eigenvalue weighted by Gasteiger charge is -2.27. The van der Waals surface area contributed by atoms with Crippen molar-refractivity contribution < 1.29 is 14.3 Å². The Hall–Kier alpha value is -2.97. The van der Waals surface area contributed by atoms with E-state index < -0.39 is 0 Å². The van der Waals surface area contributed by atoms with Crippen LogP contribution in [0.5, 0.6) is 5.75 Å². The summed E-state index contributed by atoms with van der Waals surface area (Å²) in [6, 6.07) is 11.6. The number of ether oxygens (including phenoxy) is 2. The number of amides is 1. The largest absolute Gasteiger partial charge is 0.497 e. The van der Waals surface area contributed by atoms with Gasteiger partial charge < -0.3 is 19.7 Å². The Bertz CT molecular complexity index is 968. The van der Waals surface area contributed by atoms with Gasteiger partial charge in [-0.25, -0.2) is 9.97 Å². The quantitative estimate of drug-likeness (QED) is 0.673. The van der Waals surface area contributed by atoms with E-state index in [0.717, 1.165) is 54.0 Å². The Kier molecular flexibility index (Phi) is 6.02. The Morgan fingerprint density at radius 3 is 2.90 bits per heavy atom. The number of anilines is 1. The molecule has 0 bridgehead atoms. The summed E-state index contributed by atoms with van der Waals surface area (Å²) in [7, 11) is 1.62. The fraction of sp³-hybridized carbons (Fsp3) is 0.286. The van der Waals surface area contributed by atoms with Crippen molar-refractivity contribution in [3.63, 3.8) is 0 Å². The number of pyridine rings is 1. The maximum atomic E-state index is 12.4. The molecule has 3 heterocycles. The molecule has 0 aliphatic carbocycles. The summed E-state index contributed by atoms with van der Waals surface area (Å²) in [5.74, 6) is 1.50. The number of nitrogens with one attached hydrogen (secondary N) is 1. The average Bonchev–Trinajstić information content (AvgIpc) is 3.29. The van der Waals surface area contributed by atoms with Crippen molar-refractivity contribution in [3.8, 4) is 16.3 Å². The highest BCUT2D eigenvalue weighted by Crippen LogP contribution is 2.25. The molecular weight excluding hydrogens is 388 g/mol. The van der Waals surface area contributed by atoms with Crippen molar-refractivity contribution in [2.24, 2.45) is 0 Å². The number of morpholine rings is 1. The zero-order valence-corrected chi connectivity index (χ0v) is 16.9. The van der Waals surface area contributed by atoms with Gasteiger partial charge in [0.25, 0.3) is 5.91 Å². The molecule has 1 N–H and O–H groups in total. The van der Waals surface area contributed by atoms with E-state index in [2.05, 4.69) is 20.2 Å². The fourth-order valence-electron chi connectivity index (χ4n) is 3.06. The van der Waals surface area contributed by atoms with Gasteiger partial charge in [0.05, 0.1) is 20.3 Å². The van der Waals surface area contributed by atoms with E-state index in [0.29, 0.717) is 12.2 Å². The van der Waals surface area contributed by atoms with Gasteiger partial charge in [0.2, 0.25) is 0 Å². The van der Waals surface area contributed by atoms with Crippen LogP contribution >= 0.6 is 11.3 Å². The second-order valence-electron chi connectivity index (χ2n) is 6.58. The van der Waals surface area contributed by atoms with Gasteiger partial charge in [-0.05, 0) is 29.8 Å². The van der Waals surface area contributed by atoms with Crippen LogP contribution in [-0.2, 0) is 11.3 Å². The highest BCUT2D eigenvalue weighted by molar-refractivity contribution is 7.13. The molecule has 8 heteroatoms. The second-order valence-corrected chi connectivity index (χ2v) is 7.43. The summed E-state index contributed by atoms with van der Waals surface area (Å²) in [5, 5.41) is 5.44. The van der Waals surface area contributed by atoms with Crippen LogP contribution in [0, 0.1) is 0 Å². The number of carbonyl (C=O) groups excluding carboxylic acids is 1. The normalized spacial score (nSPS) is 13.9. The fourth-order valence-corrected chi connectivity index (χ4v) is 3.85. The first-order valence-electron chi connectivity index (χ1n) is 9.39. The van der Waals surface area contributed by atoms with E-state index in [1.165, 1.54) is 11.3 Å². The van der Waals surface area contributed by atoms with Gasteiger partial charge in [-0.3, -0.25) is 4.79 Å². The lowest BCUT2D eigenvalue weighted by Crippen LogP contribution is -2.36. The first-order chi connectivity index (χ1) is 14.2. The minimum atomic E-state index is -0.201. The van der Waals surface area contributed by atoms with Crippen LogP contribution in [0.4, 0.5) is 5.82 Å². The standard InChI is InChI=1S/C21H22N4O3S/c1-27-17-4-2-3-15(11-17)12-23-20(26)18-14-29-21(24-18)16-5-6-19(22-13-16)25-7-9-28-10-8-25/h2-6,11,13-14H,7-10,12H2,1H3,(H,23,26). The van der Waals surface area contributed by atoms with Crippen molar-refractivity contribution in [2.45, 2.75) is 6.54 Å². The molecule has 0 radical (unpaired) electrons. The molecule has 7 nitrogen and oxygen atoms in total. The highest BCUT2D eigenvalue weighted by atomic mass is 32.1. The summed E-state index contributed by atoms with van der Waals surface area (Å²) < 4.78 is 10.6. The summed E-state index contributed by atoms with van der Waals surface area (Å²) in [6.45, 7) is 3.56. The first kappa shape index (κ1) is 19.4. The Labute approximate surface area is 173 Å². The van der Waals surface area contributed by atoms with Gasteiger partial charge in [0.15, 0.2) is 0 Å². The van der Waals surface area contributed by atoms with Crippen molar-refractivity contribution in [1.29, 1.82) is 0 Å². The third kappa shape index (κ3) is 4.72. The van der Waals surface area contributed by atoms with Crippen LogP contribution in [0.25, 0.3) is 10.6 Å². The highest BCUT2D eigenvalue weighted by Gasteiger charge is 2.15. The molecule has 1 amide bonds. The number of methoxy groups -OCH3 is 1. The molecule has 0 unspecified atom stereocenters. The number of carbonyl (C=O) groups is 1. The number of aromatic nitrogens is 2. The lowest BCUT2D eigenvalue weighted by molar-refractivity contribution is 0.0946. The van der Waals surface area contributed by atoms with Crippen molar-refractivity contribution in [3.05, 3.63) is 59.2 Å². The zero-order chi connectivity index (χ0) is 20.1. The van der Waals surface area contributed by atoms with Gasteiger partial charge in [0, 0.05) is 36.8 Å². The summed E-state index contributed by atoms with van der Waals surface area (Å²) in [6.07, 6.45) is 1.81. The van der Waals surface area contributed by atoms with Gasteiger partial charge >= 0.3 is 0 Å². The van der Waals surface area contributed by atoms with Crippen LogP contribution in [0.2, 0.25) is 0 Å². The molecule has 1 saturated heterocycles. The van der Waals surface area contributed by atoms with Crippen LogP contribution < -0.4 is 15.0 Å². The molecule has 150 valence electrons. The molecule has 1 aliphatic rings.